The van der Waals surface area contributed by atoms with E-state index in [0.717, 1.165) is 53.1 Å². The Kier molecular flexibility index (Phi) is 3.93. The van der Waals surface area contributed by atoms with Gasteiger partial charge in [-0.3, -0.25) is 9.20 Å². The van der Waals surface area contributed by atoms with Gasteiger partial charge < -0.3 is 5.32 Å². The minimum Gasteiger partial charge on any atom is -0.353 e. The Morgan fingerprint density at radius 3 is 3.00 bits per heavy atom. The summed E-state index contributed by atoms with van der Waals surface area (Å²) in [4.78, 5) is 19.4. The lowest BCUT2D eigenvalue weighted by Crippen LogP contribution is -2.27. The maximum atomic E-state index is 12.0. The fourth-order valence-corrected chi connectivity index (χ4v) is 5.90. The molecule has 3 aromatic rings. The number of aromatic nitrogens is 4. The highest BCUT2D eigenvalue weighted by Crippen LogP contribution is 2.39. The van der Waals surface area contributed by atoms with Gasteiger partial charge in [0.25, 0.3) is 0 Å². The number of carbonyl (C=O) groups excluding carboxylic acids is 1. The molecule has 2 aliphatic rings. The van der Waals surface area contributed by atoms with Crippen molar-refractivity contribution in [2.24, 2.45) is 5.92 Å². The molecule has 136 valence electrons. The summed E-state index contributed by atoms with van der Waals surface area (Å²) in [6.45, 7) is 4.31. The number of nitrogens with one attached hydrogen (secondary N) is 1. The molecule has 6 nitrogen and oxygen atoms in total. The smallest absolute Gasteiger partial charge is 0.230 e. The number of amides is 1. The van der Waals surface area contributed by atoms with Gasteiger partial charge in [-0.1, -0.05) is 18.7 Å². The molecule has 0 aromatic carbocycles. The van der Waals surface area contributed by atoms with Gasteiger partial charge in [-0.15, -0.1) is 21.5 Å². The van der Waals surface area contributed by atoms with Crippen molar-refractivity contribution in [1.29, 1.82) is 0 Å². The van der Waals surface area contributed by atoms with Crippen LogP contribution >= 0.6 is 23.1 Å². The van der Waals surface area contributed by atoms with Crippen molar-refractivity contribution < 1.29 is 4.79 Å². The Labute approximate surface area is 159 Å². The molecule has 0 aliphatic heterocycles. The monoisotopic (exact) mass is 387 g/mol. The highest BCUT2D eigenvalue weighted by Gasteiger charge is 2.26. The topological polar surface area (TPSA) is 72.2 Å². The summed E-state index contributed by atoms with van der Waals surface area (Å²) in [7, 11) is 0. The van der Waals surface area contributed by atoms with Crippen molar-refractivity contribution in [3.8, 4) is 0 Å². The van der Waals surface area contributed by atoms with Gasteiger partial charge in [0.05, 0.1) is 11.1 Å². The lowest BCUT2D eigenvalue weighted by atomic mass is 9.89. The van der Waals surface area contributed by atoms with Crippen molar-refractivity contribution in [3.63, 3.8) is 0 Å². The summed E-state index contributed by atoms with van der Waals surface area (Å²) in [6, 6.07) is 0.390. The van der Waals surface area contributed by atoms with Crippen LogP contribution in [0.15, 0.2) is 5.16 Å². The molecule has 0 saturated heterocycles. The zero-order valence-corrected chi connectivity index (χ0v) is 16.5. The Morgan fingerprint density at radius 2 is 2.19 bits per heavy atom. The highest BCUT2D eigenvalue weighted by molar-refractivity contribution is 7.99. The van der Waals surface area contributed by atoms with Gasteiger partial charge in [-0.05, 0) is 50.5 Å². The van der Waals surface area contributed by atoms with E-state index in [1.54, 1.807) is 0 Å². The van der Waals surface area contributed by atoms with E-state index in [0.29, 0.717) is 11.8 Å². The van der Waals surface area contributed by atoms with Crippen LogP contribution in [0, 0.1) is 12.8 Å². The number of thioether (sulfide) groups is 1. The van der Waals surface area contributed by atoms with E-state index in [9.17, 15) is 4.79 Å². The standard InChI is InChI=1S/C18H21N5OS2/c1-9-3-6-12-13(7-9)26-17-15(12)16-21-22-18(23(16)10(2)19-17)25-8-14(24)20-11-4-5-11/h9,11H,3-8H2,1-2H3,(H,20,24). The predicted molar refractivity (Wildman–Crippen MR) is 104 cm³/mol. The number of rotatable bonds is 4. The van der Waals surface area contributed by atoms with Crippen LogP contribution < -0.4 is 5.32 Å². The van der Waals surface area contributed by atoms with Gasteiger partial charge >= 0.3 is 0 Å². The number of nitrogens with zero attached hydrogens (tertiary/aromatic N) is 4. The second-order valence-corrected chi connectivity index (χ2v) is 9.49. The van der Waals surface area contributed by atoms with E-state index in [1.807, 2.05) is 22.7 Å². The average molecular weight is 388 g/mol. The molecule has 0 bridgehead atoms. The molecule has 0 spiro atoms. The molecule has 1 N–H and O–H groups in total. The van der Waals surface area contributed by atoms with Crippen LogP contribution in [0.1, 0.15) is 42.5 Å². The van der Waals surface area contributed by atoms with Gasteiger partial charge in [-0.25, -0.2) is 4.98 Å². The molecule has 2 aliphatic carbocycles. The third-order valence-corrected chi connectivity index (χ3v) is 7.29. The summed E-state index contributed by atoms with van der Waals surface area (Å²) < 4.78 is 2.02. The molecule has 1 amide bonds. The van der Waals surface area contributed by atoms with Gasteiger partial charge in [-0.2, -0.15) is 0 Å². The van der Waals surface area contributed by atoms with Crippen molar-refractivity contribution in [2.75, 3.05) is 5.75 Å². The maximum Gasteiger partial charge on any atom is 0.230 e. The van der Waals surface area contributed by atoms with Crippen molar-refractivity contribution >= 4 is 44.9 Å². The fourth-order valence-electron chi connectivity index (χ4n) is 3.69. The molecule has 3 heterocycles. The van der Waals surface area contributed by atoms with Crippen LogP contribution in [-0.4, -0.2) is 37.3 Å². The number of carbonyl (C=O) groups is 1. The minimum atomic E-state index is 0.0721. The summed E-state index contributed by atoms with van der Waals surface area (Å²) in [5, 5.41) is 13.8. The normalized spacial score (nSPS) is 19.8. The van der Waals surface area contributed by atoms with Gasteiger partial charge in [0.1, 0.15) is 10.7 Å². The third kappa shape index (κ3) is 2.79. The van der Waals surface area contributed by atoms with E-state index < -0.39 is 0 Å². The predicted octanol–water partition coefficient (Wildman–Crippen LogP) is 3.14. The minimum absolute atomic E-state index is 0.0721. The second-order valence-electron chi connectivity index (χ2n) is 7.46. The zero-order chi connectivity index (χ0) is 17.8. The van der Waals surface area contributed by atoms with Gasteiger partial charge in [0, 0.05) is 10.9 Å². The van der Waals surface area contributed by atoms with Gasteiger partial charge in [0.2, 0.25) is 5.91 Å². The number of hydrogen-bond acceptors (Lipinski definition) is 6. The lowest BCUT2D eigenvalue weighted by molar-refractivity contribution is -0.118. The molecule has 5 rings (SSSR count). The molecule has 1 unspecified atom stereocenters. The van der Waals surface area contributed by atoms with Crippen molar-refractivity contribution in [2.45, 2.75) is 57.1 Å². The summed E-state index contributed by atoms with van der Waals surface area (Å²) in [5.74, 6) is 2.06. The van der Waals surface area contributed by atoms with E-state index in [-0.39, 0.29) is 5.91 Å². The summed E-state index contributed by atoms with van der Waals surface area (Å²) in [5.41, 5.74) is 2.31. The fraction of sp³-hybridized carbons (Fsp3) is 0.556. The van der Waals surface area contributed by atoms with Crippen LogP contribution in [0.2, 0.25) is 0 Å². The molecule has 1 saturated carbocycles. The van der Waals surface area contributed by atoms with E-state index in [4.69, 9.17) is 4.98 Å². The van der Waals surface area contributed by atoms with Gasteiger partial charge in [0.15, 0.2) is 10.8 Å². The maximum absolute atomic E-state index is 12.0. The van der Waals surface area contributed by atoms with E-state index >= 15 is 0 Å². The average Bonchev–Trinajstić information content (AvgIpc) is 3.18. The Morgan fingerprint density at radius 1 is 1.35 bits per heavy atom. The Balaban J connectivity index is 1.53. The van der Waals surface area contributed by atoms with Crippen LogP contribution in [-0.2, 0) is 17.6 Å². The Hall–Kier alpha value is -1.67. The number of thiophene rings is 1. The number of hydrogen-bond donors (Lipinski definition) is 1. The molecular formula is C18H21N5OS2. The summed E-state index contributed by atoms with van der Waals surface area (Å²) >= 11 is 3.25. The van der Waals surface area contributed by atoms with Crippen LogP contribution in [0.25, 0.3) is 15.9 Å². The molecule has 1 atom stereocenters. The molecule has 3 aromatic heterocycles. The number of fused-ring (bicyclic) bond motifs is 5. The van der Waals surface area contributed by atoms with Crippen molar-refractivity contribution in [1.82, 2.24) is 24.9 Å². The molecule has 8 heteroatoms. The zero-order valence-electron chi connectivity index (χ0n) is 14.9. The molecular weight excluding hydrogens is 366 g/mol. The first-order chi connectivity index (χ1) is 12.6. The lowest BCUT2D eigenvalue weighted by Gasteiger charge is -2.17. The van der Waals surface area contributed by atoms with E-state index in [1.165, 1.54) is 34.0 Å². The first-order valence-electron chi connectivity index (χ1n) is 9.18. The molecule has 1 fully saturated rings. The quantitative estimate of drug-likeness (QED) is 0.696. The van der Waals surface area contributed by atoms with Crippen LogP contribution in [0.4, 0.5) is 0 Å². The van der Waals surface area contributed by atoms with Crippen molar-refractivity contribution in [3.05, 3.63) is 16.3 Å². The first kappa shape index (κ1) is 16.5. The van der Waals surface area contributed by atoms with E-state index in [2.05, 4.69) is 22.4 Å². The van der Waals surface area contributed by atoms with Crippen LogP contribution in [0.3, 0.4) is 0 Å². The molecule has 0 radical (unpaired) electrons. The molecule has 26 heavy (non-hydrogen) atoms. The SMILES string of the molecule is Cc1nc2sc3c(c2c2nnc(SCC(=O)NC4CC4)n12)CCC(C)C3. The largest absolute Gasteiger partial charge is 0.353 e. The third-order valence-electron chi connectivity index (χ3n) is 5.21. The van der Waals surface area contributed by atoms with Crippen LogP contribution in [0.5, 0.6) is 0 Å². The first-order valence-corrected chi connectivity index (χ1v) is 11.0. The second kappa shape index (κ2) is 6.20. The Bertz CT molecular complexity index is 1020. The highest BCUT2D eigenvalue weighted by atomic mass is 32.2. The number of aryl methyl sites for hydroxylation is 2. The summed E-state index contributed by atoms with van der Waals surface area (Å²) in [6.07, 6.45) is 5.66.